The van der Waals surface area contributed by atoms with Gasteiger partial charge < -0.3 is 10.6 Å². The molecule has 0 bridgehead atoms. The molecule has 18 heavy (non-hydrogen) atoms. The maximum atomic E-state index is 4.21. The van der Waals surface area contributed by atoms with Crippen molar-refractivity contribution in [3.8, 4) is 0 Å². The van der Waals surface area contributed by atoms with E-state index in [0.717, 1.165) is 17.8 Å². The Morgan fingerprint density at radius 1 is 1.28 bits per heavy atom. The van der Waals surface area contributed by atoms with Crippen molar-refractivity contribution < 1.29 is 0 Å². The zero-order valence-corrected chi connectivity index (χ0v) is 10.9. The molecule has 0 spiro atoms. The molecule has 1 saturated carbocycles. The van der Waals surface area contributed by atoms with Crippen LogP contribution < -0.4 is 10.6 Å². The third-order valence-electron chi connectivity index (χ3n) is 4.33. The van der Waals surface area contributed by atoms with Crippen LogP contribution in [0.25, 0.3) is 0 Å². The minimum atomic E-state index is 0.763. The molecule has 2 aliphatic rings. The Kier molecular flexibility index (Phi) is 3.91. The summed E-state index contributed by atoms with van der Waals surface area (Å²) >= 11 is 0. The molecule has 1 aliphatic carbocycles. The Balaban J connectivity index is 1.36. The lowest BCUT2D eigenvalue weighted by Crippen LogP contribution is -2.34. The van der Waals surface area contributed by atoms with Gasteiger partial charge in [0.25, 0.3) is 0 Å². The van der Waals surface area contributed by atoms with Crippen molar-refractivity contribution in [2.24, 2.45) is 11.8 Å². The summed E-state index contributed by atoms with van der Waals surface area (Å²) in [5.41, 5.74) is 1.42. The minimum Gasteiger partial charge on any atom is -0.317 e. The highest BCUT2D eigenvalue weighted by molar-refractivity contribution is 5.22. The van der Waals surface area contributed by atoms with Crippen molar-refractivity contribution in [3.63, 3.8) is 0 Å². The van der Waals surface area contributed by atoms with Gasteiger partial charge in [0.1, 0.15) is 0 Å². The summed E-state index contributed by atoms with van der Waals surface area (Å²) in [6, 6.07) is 4.26. The topological polar surface area (TPSA) is 37.0 Å². The zero-order valence-electron chi connectivity index (χ0n) is 10.9. The van der Waals surface area contributed by atoms with Crippen LogP contribution in [0.4, 0.5) is 0 Å². The van der Waals surface area contributed by atoms with Crippen molar-refractivity contribution in [2.45, 2.75) is 25.2 Å². The fourth-order valence-electron chi connectivity index (χ4n) is 3.04. The second-order valence-electron chi connectivity index (χ2n) is 5.74. The Hall–Kier alpha value is -0.930. The van der Waals surface area contributed by atoms with Crippen LogP contribution in [0.3, 0.4) is 0 Å². The molecule has 3 heteroatoms. The Bertz CT molecular complexity index is 359. The van der Waals surface area contributed by atoms with Crippen molar-refractivity contribution in [1.29, 1.82) is 0 Å². The van der Waals surface area contributed by atoms with Crippen molar-refractivity contribution in [2.75, 3.05) is 26.2 Å². The molecule has 1 aromatic rings. The van der Waals surface area contributed by atoms with Gasteiger partial charge in [-0.25, -0.2) is 0 Å². The number of pyridine rings is 1. The van der Waals surface area contributed by atoms with Gasteiger partial charge in [-0.3, -0.25) is 4.98 Å². The highest BCUT2D eigenvalue weighted by Crippen LogP contribution is 2.46. The van der Waals surface area contributed by atoms with E-state index in [1.54, 1.807) is 0 Å². The molecule has 1 aliphatic heterocycles. The van der Waals surface area contributed by atoms with E-state index in [0.29, 0.717) is 0 Å². The van der Waals surface area contributed by atoms with E-state index in [4.69, 9.17) is 0 Å². The van der Waals surface area contributed by atoms with Crippen LogP contribution in [0.1, 0.15) is 30.7 Å². The van der Waals surface area contributed by atoms with E-state index >= 15 is 0 Å². The fourth-order valence-corrected chi connectivity index (χ4v) is 3.04. The first-order valence-corrected chi connectivity index (χ1v) is 7.25. The molecule has 3 rings (SSSR count). The van der Waals surface area contributed by atoms with Crippen LogP contribution in [-0.2, 0) is 0 Å². The van der Waals surface area contributed by atoms with Crippen molar-refractivity contribution >= 4 is 0 Å². The van der Waals surface area contributed by atoms with Gasteiger partial charge in [0.15, 0.2) is 0 Å². The molecule has 1 saturated heterocycles. The van der Waals surface area contributed by atoms with Crippen LogP contribution in [0.2, 0.25) is 0 Å². The minimum absolute atomic E-state index is 0.763. The van der Waals surface area contributed by atoms with Gasteiger partial charge in [-0.15, -0.1) is 0 Å². The Labute approximate surface area is 109 Å². The Morgan fingerprint density at radius 3 is 2.94 bits per heavy atom. The first-order valence-electron chi connectivity index (χ1n) is 7.25. The highest BCUT2D eigenvalue weighted by Gasteiger charge is 2.37. The maximum absolute atomic E-state index is 4.21. The summed E-state index contributed by atoms with van der Waals surface area (Å²) in [6.45, 7) is 4.80. The van der Waals surface area contributed by atoms with E-state index in [9.17, 15) is 0 Å². The third kappa shape index (κ3) is 3.09. The average Bonchev–Trinajstić information content (AvgIpc) is 3.21. The normalized spacial score (nSPS) is 28.2. The predicted octanol–water partition coefficient (Wildman–Crippen LogP) is 1.77. The smallest absolute Gasteiger partial charge is 0.0302 e. The second kappa shape index (κ2) is 5.81. The molecule has 98 valence electrons. The number of nitrogens with one attached hydrogen (secondary N) is 2. The summed E-state index contributed by atoms with van der Waals surface area (Å²) in [5.74, 6) is 2.50. The molecule has 2 heterocycles. The lowest BCUT2D eigenvalue weighted by molar-refractivity contribution is 0.355. The summed E-state index contributed by atoms with van der Waals surface area (Å²) < 4.78 is 0. The maximum Gasteiger partial charge on any atom is 0.0302 e. The average molecular weight is 245 g/mol. The zero-order chi connectivity index (χ0) is 12.2. The van der Waals surface area contributed by atoms with Crippen LogP contribution >= 0.6 is 0 Å². The molecule has 0 aromatic carbocycles. The van der Waals surface area contributed by atoms with Crippen LogP contribution in [0.15, 0.2) is 24.5 Å². The van der Waals surface area contributed by atoms with E-state index in [2.05, 4.69) is 21.7 Å². The van der Waals surface area contributed by atoms with E-state index in [1.165, 1.54) is 51.0 Å². The molecule has 1 aromatic heterocycles. The molecular weight excluding hydrogens is 222 g/mol. The second-order valence-corrected chi connectivity index (χ2v) is 5.74. The molecule has 2 N–H and O–H groups in total. The molecule has 0 amide bonds. The number of piperidine rings is 1. The van der Waals surface area contributed by atoms with Gasteiger partial charge >= 0.3 is 0 Å². The van der Waals surface area contributed by atoms with Gasteiger partial charge in [-0.05, 0) is 74.8 Å². The van der Waals surface area contributed by atoms with E-state index in [1.807, 2.05) is 18.5 Å². The molecule has 0 radical (unpaired) electrons. The molecular formula is C15H23N3. The Morgan fingerprint density at radius 2 is 2.17 bits per heavy atom. The number of hydrogen-bond acceptors (Lipinski definition) is 3. The summed E-state index contributed by atoms with van der Waals surface area (Å²) in [5, 5.41) is 7.09. The van der Waals surface area contributed by atoms with Gasteiger partial charge in [-0.2, -0.15) is 0 Å². The molecule has 1 unspecified atom stereocenters. The molecule has 2 atom stereocenters. The molecule has 2 fully saturated rings. The lowest BCUT2D eigenvalue weighted by Gasteiger charge is -2.22. The van der Waals surface area contributed by atoms with E-state index < -0.39 is 0 Å². The quantitative estimate of drug-likeness (QED) is 0.830. The fraction of sp³-hybridized carbons (Fsp3) is 0.667. The summed E-state index contributed by atoms with van der Waals surface area (Å²) in [6.07, 6.45) is 7.89. The van der Waals surface area contributed by atoms with Crippen molar-refractivity contribution in [3.05, 3.63) is 30.1 Å². The highest BCUT2D eigenvalue weighted by atomic mass is 14.9. The van der Waals surface area contributed by atoms with Crippen molar-refractivity contribution in [1.82, 2.24) is 15.6 Å². The molecule has 3 nitrogen and oxygen atoms in total. The summed E-state index contributed by atoms with van der Waals surface area (Å²) in [4.78, 5) is 4.21. The number of aromatic nitrogens is 1. The standard InChI is InChI=1S/C15H23N3/c1-2-13(10-17-5-1)15-8-14(15)11-18-9-12-3-6-16-7-4-12/h1-2,5,10,12,14-16,18H,3-4,6-9,11H2/t14?,15-/m0/s1. The van der Waals surface area contributed by atoms with Gasteiger partial charge in [0, 0.05) is 12.4 Å². The largest absolute Gasteiger partial charge is 0.317 e. The first-order chi connectivity index (χ1) is 8.93. The van der Waals surface area contributed by atoms with E-state index in [-0.39, 0.29) is 0 Å². The van der Waals surface area contributed by atoms with Crippen LogP contribution in [0.5, 0.6) is 0 Å². The van der Waals surface area contributed by atoms with Gasteiger partial charge in [0.05, 0.1) is 0 Å². The van der Waals surface area contributed by atoms with Gasteiger partial charge in [-0.1, -0.05) is 6.07 Å². The van der Waals surface area contributed by atoms with Crippen LogP contribution in [-0.4, -0.2) is 31.2 Å². The predicted molar refractivity (Wildman–Crippen MR) is 73.5 cm³/mol. The summed E-state index contributed by atoms with van der Waals surface area (Å²) in [7, 11) is 0. The van der Waals surface area contributed by atoms with Gasteiger partial charge in [0.2, 0.25) is 0 Å². The first kappa shape index (κ1) is 12.1. The third-order valence-corrected chi connectivity index (χ3v) is 4.33. The van der Waals surface area contributed by atoms with Crippen LogP contribution in [0, 0.1) is 11.8 Å². The monoisotopic (exact) mass is 245 g/mol. The SMILES string of the molecule is c1cncc([C@@H]2CC2CNCC2CCNCC2)c1. The number of nitrogens with zero attached hydrogens (tertiary/aromatic N) is 1. The number of hydrogen-bond donors (Lipinski definition) is 2. The number of rotatable bonds is 5. The lowest BCUT2D eigenvalue weighted by atomic mass is 9.98.